The van der Waals surface area contributed by atoms with Gasteiger partial charge < -0.3 is 14.9 Å². The van der Waals surface area contributed by atoms with Crippen molar-refractivity contribution < 1.29 is 29.3 Å². The molecule has 3 saturated carbocycles. The zero-order valence-corrected chi connectivity index (χ0v) is 19.7. The number of unbranched alkanes of at least 4 members (excludes halogenated alkanes) is 1. The summed E-state index contributed by atoms with van der Waals surface area (Å²) in [5.41, 5.74) is -1.37. The Hall–Kier alpha value is -1.53. The second kappa shape index (κ2) is 8.35. The third kappa shape index (κ3) is 3.49. The molecule has 0 unspecified atom stereocenters. The van der Waals surface area contributed by atoms with Crippen molar-refractivity contribution in [3.05, 3.63) is 11.6 Å². The molecular formula is C26H38O6. The highest BCUT2D eigenvalue weighted by molar-refractivity contribution is 5.92. The number of ketones is 2. The fourth-order valence-corrected chi connectivity index (χ4v) is 7.81. The number of hydrogen-bond donors (Lipinski definition) is 2. The number of Topliss-reactive ketones (excluding diaryl/α,β-unsaturated/α-hetero) is 1. The SMILES string of the molecule is CCCCC(=O)OCC(=O)[C@@]1(O)CC[C@H]2[C@@H]3CCC4=CC(=O)CC[C@]4(C)[C@H]3[C@H](O)C[C@@]21C. The number of rotatable bonds is 6. The van der Waals surface area contributed by atoms with Gasteiger partial charge in [-0.2, -0.15) is 0 Å². The van der Waals surface area contributed by atoms with E-state index in [1.165, 1.54) is 5.57 Å². The van der Waals surface area contributed by atoms with Gasteiger partial charge in [-0.15, -0.1) is 0 Å². The molecule has 4 aliphatic carbocycles. The van der Waals surface area contributed by atoms with Gasteiger partial charge in [0.2, 0.25) is 5.78 Å². The van der Waals surface area contributed by atoms with E-state index >= 15 is 0 Å². The second-order valence-corrected chi connectivity index (χ2v) is 11.2. The summed E-state index contributed by atoms with van der Waals surface area (Å²) >= 11 is 0. The normalized spacial score (nSPS) is 43.0. The molecule has 0 bridgehead atoms. The molecule has 178 valence electrons. The maximum Gasteiger partial charge on any atom is 0.306 e. The van der Waals surface area contributed by atoms with Gasteiger partial charge in [-0.3, -0.25) is 14.4 Å². The fraction of sp³-hybridized carbons (Fsp3) is 0.808. The van der Waals surface area contributed by atoms with Gasteiger partial charge in [0.15, 0.2) is 12.4 Å². The van der Waals surface area contributed by atoms with Crippen molar-refractivity contribution >= 4 is 17.5 Å². The van der Waals surface area contributed by atoms with Crippen LogP contribution in [0.15, 0.2) is 11.6 Å². The number of aliphatic hydroxyl groups excluding tert-OH is 1. The number of carbonyl (C=O) groups is 3. The highest BCUT2D eigenvalue weighted by atomic mass is 16.5. The summed E-state index contributed by atoms with van der Waals surface area (Å²) in [7, 11) is 0. The average molecular weight is 447 g/mol. The van der Waals surface area contributed by atoms with Crippen LogP contribution in [0.3, 0.4) is 0 Å². The van der Waals surface area contributed by atoms with E-state index < -0.39 is 35.5 Å². The Morgan fingerprint density at radius 1 is 1.19 bits per heavy atom. The van der Waals surface area contributed by atoms with Gasteiger partial charge in [-0.1, -0.05) is 32.8 Å². The summed E-state index contributed by atoms with van der Waals surface area (Å²) in [5.74, 6) is -0.300. The third-order valence-corrected chi connectivity index (χ3v) is 9.61. The van der Waals surface area contributed by atoms with Gasteiger partial charge in [-0.25, -0.2) is 0 Å². The Labute approximate surface area is 190 Å². The molecule has 0 heterocycles. The maximum atomic E-state index is 13.1. The first kappa shape index (κ1) is 23.6. The van der Waals surface area contributed by atoms with Crippen LogP contribution in [-0.2, 0) is 19.1 Å². The van der Waals surface area contributed by atoms with Gasteiger partial charge in [0.05, 0.1) is 6.10 Å². The zero-order valence-electron chi connectivity index (χ0n) is 19.7. The summed E-state index contributed by atoms with van der Waals surface area (Å²) in [5, 5.41) is 23.0. The smallest absolute Gasteiger partial charge is 0.306 e. The molecule has 4 rings (SSSR count). The van der Waals surface area contributed by atoms with Crippen molar-refractivity contribution in [1.82, 2.24) is 0 Å². The number of fused-ring (bicyclic) bond motifs is 5. The van der Waals surface area contributed by atoms with Crippen LogP contribution in [0.25, 0.3) is 0 Å². The van der Waals surface area contributed by atoms with E-state index in [-0.39, 0.29) is 35.4 Å². The van der Waals surface area contributed by atoms with E-state index in [0.29, 0.717) is 25.7 Å². The Balaban J connectivity index is 1.55. The first-order valence-electron chi connectivity index (χ1n) is 12.4. The summed E-state index contributed by atoms with van der Waals surface area (Å²) in [4.78, 5) is 37.1. The van der Waals surface area contributed by atoms with Crippen LogP contribution in [0, 0.1) is 28.6 Å². The molecule has 3 fully saturated rings. The minimum atomic E-state index is -1.59. The van der Waals surface area contributed by atoms with Gasteiger partial charge in [-0.05, 0) is 74.2 Å². The van der Waals surface area contributed by atoms with Crippen molar-refractivity contribution in [2.75, 3.05) is 6.61 Å². The Morgan fingerprint density at radius 3 is 2.66 bits per heavy atom. The standard InChI is InChI=1S/C26H38O6/c1-4-5-6-22(30)32-15-21(29)26(31)12-10-19-18-8-7-16-13-17(27)9-11-24(16,2)23(18)20(28)14-25(19,26)3/h13,18-20,23,28,31H,4-12,14-15H2,1-3H3/t18-,19-,20+,23+,24-,25-,26-/m0/s1. The first-order chi connectivity index (χ1) is 15.1. The zero-order chi connectivity index (χ0) is 23.3. The summed E-state index contributed by atoms with van der Waals surface area (Å²) in [6.07, 6.45) is 7.43. The number of allylic oxidation sites excluding steroid dienone is 1. The van der Waals surface area contributed by atoms with Crippen molar-refractivity contribution in [2.24, 2.45) is 28.6 Å². The van der Waals surface area contributed by atoms with E-state index in [1.807, 2.05) is 19.9 Å². The van der Waals surface area contributed by atoms with Gasteiger partial charge in [0, 0.05) is 18.3 Å². The molecule has 0 radical (unpaired) electrons. The lowest BCUT2D eigenvalue weighted by atomic mass is 9.45. The lowest BCUT2D eigenvalue weighted by molar-refractivity contribution is -0.184. The molecule has 6 heteroatoms. The molecule has 0 spiro atoms. The second-order valence-electron chi connectivity index (χ2n) is 11.2. The van der Waals surface area contributed by atoms with E-state index in [2.05, 4.69) is 6.92 Å². The minimum Gasteiger partial charge on any atom is -0.458 e. The Kier molecular flexibility index (Phi) is 6.17. The van der Waals surface area contributed by atoms with Gasteiger partial charge in [0.25, 0.3) is 0 Å². The lowest BCUT2D eigenvalue weighted by Gasteiger charge is -2.60. The lowest BCUT2D eigenvalue weighted by Crippen LogP contribution is -2.62. The summed E-state index contributed by atoms with van der Waals surface area (Å²) < 4.78 is 5.19. The molecule has 0 aromatic heterocycles. The quantitative estimate of drug-likeness (QED) is 0.606. The number of aliphatic hydroxyl groups is 2. The average Bonchev–Trinajstić information content (AvgIpc) is 3.02. The van der Waals surface area contributed by atoms with E-state index in [0.717, 1.165) is 32.1 Å². The Morgan fingerprint density at radius 2 is 1.94 bits per heavy atom. The number of esters is 1. The predicted molar refractivity (Wildman–Crippen MR) is 119 cm³/mol. The topological polar surface area (TPSA) is 101 Å². The van der Waals surface area contributed by atoms with Crippen LogP contribution in [0.5, 0.6) is 0 Å². The van der Waals surface area contributed by atoms with Gasteiger partial charge >= 0.3 is 5.97 Å². The minimum absolute atomic E-state index is 0.0398. The van der Waals surface area contributed by atoms with E-state index in [1.54, 1.807) is 0 Å². The molecule has 0 aromatic carbocycles. The van der Waals surface area contributed by atoms with Gasteiger partial charge in [0.1, 0.15) is 5.60 Å². The fourth-order valence-electron chi connectivity index (χ4n) is 7.81. The molecule has 0 amide bonds. The van der Waals surface area contributed by atoms with Crippen molar-refractivity contribution in [2.45, 2.75) is 96.7 Å². The van der Waals surface area contributed by atoms with E-state index in [4.69, 9.17) is 4.74 Å². The molecule has 0 aliphatic heterocycles. The molecule has 0 aromatic rings. The van der Waals surface area contributed by atoms with Crippen LogP contribution in [0.1, 0.15) is 85.0 Å². The first-order valence-corrected chi connectivity index (χ1v) is 12.4. The number of carbonyl (C=O) groups excluding carboxylic acids is 3. The van der Waals surface area contributed by atoms with Crippen molar-refractivity contribution in [3.8, 4) is 0 Å². The third-order valence-electron chi connectivity index (χ3n) is 9.61. The molecule has 32 heavy (non-hydrogen) atoms. The van der Waals surface area contributed by atoms with E-state index in [9.17, 15) is 24.6 Å². The molecular weight excluding hydrogens is 408 g/mol. The molecule has 0 saturated heterocycles. The molecule has 2 N–H and O–H groups in total. The Bertz CT molecular complexity index is 832. The monoisotopic (exact) mass is 446 g/mol. The molecule has 7 atom stereocenters. The highest BCUT2D eigenvalue weighted by Crippen LogP contribution is 2.67. The van der Waals surface area contributed by atoms with Crippen LogP contribution in [0.4, 0.5) is 0 Å². The maximum absolute atomic E-state index is 13.1. The van der Waals surface area contributed by atoms with Crippen LogP contribution >= 0.6 is 0 Å². The highest BCUT2D eigenvalue weighted by Gasteiger charge is 2.68. The van der Waals surface area contributed by atoms with Crippen LogP contribution in [0.2, 0.25) is 0 Å². The summed E-state index contributed by atoms with van der Waals surface area (Å²) in [6.45, 7) is 5.71. The number of hydrogen-bond acceptors (Lipinski definition) is 6. The van der Waals surface area contributed by atoms with Crippen LogP contribution in [-0.4, -0.2) is 46.1 Å². The summed E-state index contributed by atoms with van der Waals surface area (Å²) in [6, 6.07) is 0. The largest absolute Gasteiger partial charge is 0.458 e. The predicted octanol–water partition coefficient (Wildman–Crippen LogP) is 3.52. The van der Waals surface area contributed by atoms with Crippen molar-refractivity contribution in [3.63, 3.8) is 0 Å². The van der Waals surface area contributed by atoms with Crippen molar-refractivity contribution in [1.29, 1.82) is 0 Å². The van der Waals surface area contributed by atoms with Crippen LogP contribution < -0.4 is 0 Å². The molecule has 4 aliphatic rings. The molecule has 6 nitrogen and oxygen atoms in total. The number of ether oxygens (including phenoxy) is 1.